The van der Waals surface area contributed by atoms with E-state index in [-0.39, 0.29) is 11.9 Å². The first-order valence-electron chi connectivity index (χ1n) is 10.2. The molecule has 28 heavy (non-hydrogen) atoms. The Morgan fingerprint density at radius 1 is 1.11 bits per heavy atom. The first-order valence-corrected chi connectivity index (χ1v) is 11.0. The SMILES string of the molecule is Cc1ccc(CN2C[C@@H]3CN(C(=O)CN(C)C)[C@@H](c4ccccc4C)[C@@H]3C2)s1. The van der Waals surface area contributed by atoms with Crippen LogP contribution in [0.15, 0.2) is 36.4 Å². The van der Waals surface area contributed by atoms with Crippen LogP contribution in [-0.2, 0) is 11.3 Å². The van der Waals surface area contributed by atoms with Crippen LogP contribution in [0.25, 0.3) is 0 Å². The van der Waals surface area contributed by atoms with Gasteiger partial charge in [0.05, 0.1) is 12.6 Å². The quantitative estimate of drug-likeness (QED) is 0.772. The van der Waals surface area contributed by atoms with E-state index < -0.39 is 0 Å². The lowest BCUT2D eigenvalue weighted by Gasteiger charge is -2.31. The van der Waals surface area contributed by atoms with Gasteiger partial charge in [0.25, 0.3) is 0 Å². The summed E-state index contributed by atoms with van der Waals surface area (Å²) in [4.78, 5) is 22.6. The minimum atomic E-state index is 0.203. The summed E-state index contributed by atoms with van der Waals surface area (Å²) in [7, 11) is 3.95. The maximum Gasteiger partial charge on any atom is 0.237 e. The number of likely N-dealkylation sites (tertiary alicyclic amines) is 2. The van der Waals surface area contributed by atoms with Gasteiger partial charge in [-0.05, 0) is 57.1 Å². The van der Waals surface area contributed by atoms with Crippen LogP contribution in [0.2, 0.25) is 0 Å². The molecule has 4 nitrogen and oxygen atoms in total. The second-order valence-electron chi connectivity index (χ2n) is 8.72. The lowest BCUT2D eigenvalue weighted by molar-refractivity contribution is -0.133. The van der Waals surface area contributed by atoms with Crippen LogP contribution in [0.5, 0.6) is 0 Å². The molecule has 0 spiro atoms. The van der Waals surface area contributed by atoms with E-state index >= 15 is 0 Å². The highest BCUT2D eigenvalue weighted by molar-refractivity contribution is 7.11. The van der Waals surface area contributed by atoms with E-state index in [4.69, 9.17) is 0 Å². The van der Waals surface area contributed by atoms with Crippen LogP contribution in [0.4, 0.5) is 0 Å². The molecule has 1 aromatic heterocycles. The molecule has 2 aliphatic heterocycles. The van der Waals surface area contributed by atoms with E-state index in [2.05, 4.69) is 60.0 Å². The number of amides is 1. The van der Waals surface area contributed by atoms with Crippen molar-refractivity contribution in [3.05, 3.63) is 57.3 Å². The normalized spacial score (nSPS) is 24.9. The van der Waals surface area contributed by atoms with E-state index in [0.29, 0.717) is 18.4 Å². The Bertz CT molecular complexity index is 846. The number of hydrogen-bond acceptors (Lipinski definition) is 4. The summed E-state index contributed by atoms with van der Waals surface area (Å²) in [6.07, 6.45) is 0. The fourth-order valence-corrected chi connectivity index (χ4v) is 5.92. The van der Waals surface area contributed by atoms with Crippen LogP contribution in [0.1, 0.15) is 26.9 Å². The van der Waals surface area contributed by atoms with Crippen molar-refractivity contribution in [2.24, 2.45) is 11.8 Å². The number of likely N-dealkylation sites (N-methyl/N-ethyl adjacent to an activating group) is 1. The molecule has 1 aromatic carbocycles. The van der Waals surface area contributed by atoms with E-state index in [1.807, 2.05) is 30.3 Å². The topological polar surface area (TPSA) is 26.8 Å². The van der Waals surface area contributed by atoms with Gasteiger partial charge in [0.1, 0.15) is 0 Å². The molecule has 0 N–H and O–H groups in total. The average Bonchev–Trinajstić information content (AvgIpc) is 3.29. The zero-order valence-corrected chi connectivity index (χ0v) is 18.2. The Balaban J connectivity index is 1.57. The number of carbonyl (C=O) groups is 1. The van der Waals surface area contributed by atoms with Crippen molar-refractivity contribution >= 4 is 17.2 Å². The third-order valence-electron chi connectivity index (χ3n) is 6.19. The monoisotopic (exact) mass is 397 g/mol. The predicted molar refractivity (Wildman–Crippen MR) is 116 cm³/mol. The third-order valence-corrected chi connectivity index (χ3v) is 7.18. The molecule has 150 valence electrons. The summed E-state index contributed by atoms with van der Waals surface area (Å²) >= 11 is 1.90. The largest absolute Gasteiger partial charge is 0.334 e. The molecule has 4 rings (SSSR count). The van der Waals surface area contributed by atoms with Gasteiger partial charge in [0.15, 0.2) is 0 Å². The number of aryl methyl sites for hydroxylation is 2. The lowest BCUT2D eigenvalue weighted by Crippen LogP contribution is -2.40. The molecular weight excluding hydrogens is 366 g/mol. The van der Waals surface area contributed by atoms with Crippen LogP contribution in [0, 0.1) is 25.7 Å². The smallest absolute Gasteiger partial charge is 0.237 e. The van der Waals surface area contributed by atoms with Crippen LogP contribution >= 0.6 is 11.3 Å². The zero-order chi connectivity index (χ0) is 19.8. The fraction of sp³-hybridized carbons (Fsp3) is 0.522. The summed E-state index contributed by atoms with van der Waals surface area (Å²) < 4.78 is 0. The zero-order valence-electron chi connectivity index (χ0n) is 17.4. The van der Waals surface area contributed by atoms with E-state index in [0.717, 1.165) is 26.2 Å². The fourth-order valence-electron chi connectivity index (χ4n) is 4.99. The molecule has 0 aliphatic carbocycles. The maximum absolute atomic E-state index is 13.0. The number of thiophene rings is 1. The second-order valence-corrected chi connectivity index (χ2v) is 10.1. The maximum atomic E-state index is 13.0. The van der Waals surface area contributed by atoms with Crippen LogP contribution in [0.3, 0.4) is 0 Å². The summed E-state index contributed by atoms with van der Waals surface area (Å²) in [5.74, 6) is 1.35. The molecule has 0 unspecified atom stereocenters. The van der Waals surface area contributed by atoms with Crippen LogP contribution in [-0.4, -0.2) is 60.9 Å². The Morgan fingerprint density at radius 3 is 2.57 bits per heavy atom. The van der Waals surface area contributed by atoms with Gasteiger partial charge in [0, 0.05) is 41.9 Å². The van der Waals surface area contributed by atoms with E-state index in [1.54, 1.807) is 0 Å². The predicted octanol–water partition coefficient (Wildman–Crippen LogP) is 3.56. The van der Waals surface area contributed by atoms with Crippen LogP contribution < -0.4 is 0 Å². The van der Waals surface area contributed by atoms with Crippen molar-refractivity contribution in [3.63, 3.8) is 0 Å². The van der Waals surface area contributed by atoms with Crippen molar-refractivity contribution in [2.75, 3.05) is 40.3 Å². The number of carbonyl (C=O) groups excluding carboxylic acids is 1. The molecule has 0 radical (unpaired) electrons. The molecular formula is C23H31N3OS. The van der Waals surface area contributed by atoms with Gasteiger partial charge >= 0.3 is 0 Å². The minimum Gasteiger partial charge on any atom is -0.334 e. The summed E-state index contributed by atoms with van der Waals surface area (Å²) in [6.45, 7) is 8.93. The first kappa shape index (κ1) is 19.6. The third kappa shape index (κ3) is 3.88. The van der Waals surface area contributed by atoms with Gasteiger partial charge in [-0.15, -0.1) is 11.3 Å². The molecule has 1 amide bonds. The Kier molecular flexibility index (Phi) is 5.59. The van der Waals surface area contributed by atoms with Crippen molar-refractivity contribution in [1.29, 1.82) is 0 Å². The number of fused-ring (bicyclic) bond motifs is 1. The Labute approximate surface area is 172 Å². The van der Waals surface area contributed by atoms with Crippen molar-refractivity contribution in [3.8, 4) is 0 Å². The molecule has 0 bridgehead atoms. The van der Waals surface area contributed by atoms with E-state index in [9.17, 15) is 4.79 Å². The van der Waals surface area contributed by atoms with Gasteiger partial charge in [0.2, 0.25) is 5.91 Å². The molecule has 2 aliphatic rings. The van der Waals surface area contributed by atoms with Crippen molar-refractivity contribution < 1.29 is 4.79 Å². The molecule has 3 atom stereocenters. The molecule has 5 heteroatoms. The van der Waals surface area contributed by atoms with Gasteiger partial charge in [-0.1, -0.05) is 24.3 Å². The summed E-state index contributed by atoms with van der Waals surface area (Å²) in [5.41, 5.74) is 2.62. The Hall–Kier alpha value is -1.69. The standard InChI is InChI=1S/C23H31N3OS/c1-16-7-5-6-8-20(16)23-21-14-25(13-19-10-9-17(2)28-19)11-18(21)12-26(23)22(27)15-24(3)4/h5-10,18,21,23H,11-15H2,1-4H3/t18-,21-,23+/m1/s1. The second kappa shape index (κ2) is 7.97. The molecule has 0 saturated carbocycles. The highest BCUT2D eigenvalue weighted by Crippen LogP contribution is 2.46. The number of nitrogens with zero attached hydrogens (tertiary/aromatic N) is 3. The molecule has 2 saturated heterocycles. The van der Waals surface area contributed by atoms with Gasteiger partial charge < -0.3 is 9.80 Å². The van der Waals surface area contributed by atoms with Gasteiger partial charge in [-0.25, -0.2) is 0 Å². The number of hydrogen-bond donors (Lipinski definition) is 0. The number of rotatable bonds is 5. The van der Waals surface area contributed by atoms with Gasteiger partial charge in [-0.3, -0.25) is 9.69 Å². The van der Waals surface area contributed by atoms with E-state index in [1.165, 1.54) is 20.9 Å². The Morgan fingerprint density at radius 2 is 1.89 bits per heavy atom. The minimum absolute atomic E-state index is 0.203. The van der Waals surface area contributed by atoms with Crippen molar-refractivity contribution in [1.82, 2.24) is 14.7 Å². The highest BCUT2D eigenvalue weighted by atomic mass is 32.1. The molecule has 2 aromatic rings. The lowest BCUT2D eigenvalue weighted by atomic mass is 9.87. The highest BCUT2D eigenvalue weighted by Gasteiger charge is 2.49. The number of benzene rings is 1. The average molecular weight is 398 g/mol. The summed E-state index contributed by atoms with van der Waals surface area (Å²) in [6, 6.07) is 13.3. The van der Waals surface area contributed by atoms with Gasteiger partial charge in [-0.2, -0.15) is 0 Å². The van der Waals surface area contributed by atoms with Crippen molar-refractivity contribution in [2.45, 2.75) is 26.4 Å². The first-order chi connectivity index (χ1) is 13.4. The summed E-state index contributed by atoms with van der Waals surface area (Å²) in [5, 5.41) is 0. The molecule has 2 fully saturated rings. The molecule has 3 heterocycles.